The minimum Gasteiger partial charge on any atom is -0.444 e. The first-order chi connectivity index (χ1) is 34.7. The van der Waals surface area contributed by atoms with Crippen molar-refractivity contribution < 1.29 is 58.0 Å². The Morgan fingerprint density at radius 3 is 1.29 bits per heavy atom. The van der Waals surface area contributed by atoms with E-state index in [1.807, 2.05) is 0 Å². The van der Waals surface area contributed by atoms with Gasteiger partial charge < -0.3 is 38.8 Å². The molecule has 4 aliphatic heterocycles. The number of nitrogens with zero attached hydrogens (tertiary/aromatic N) is 6. The Bertz CT molecular complexity index is 2700. The van der Waals surface area contributed by atoms with Crippen LogP contribution in [0.5, 0.6) is 11.5 Å². The third-order valence-corrected chi connectivity index (χ3v) is 13.2. The second kappa shape index (κ2) is 21.7. The minimum atomic E-state index is -0.678. The zero-order valence-corrected chi connectivity index (χ0v) is 42.2. The van der Waals surface area contributed by atoms with Crippen LogP contribution in [0.15, 0.2) is 82.6 Å². The molecule has 0 N–H and O–H groups in total. The zero-order valence-electron chi connectivity index (χ0n) is 41.4. The number of piperazine rings is 2. The fourth-order valence-electron chi connectivity index (χ4n) is 8.65. The van der Waals surface area contributed by atoms with Crippen LogP contribution in [-0.4, -0.2) is 130 Å². The van der Waals surface area contributed by atoms with E-state index in [9.17, 15) is 39.4 Å². The highest BCUT2D eigenvalue weighted by molar-refractivity contribution is 7.99. The maximum absolute atomic E-state index is 13.7. The van der Waals surface area contributed by atoms with E-state index in [0.717, 1.165) is 22.9 Å². The number of hydrogen-bond acceptors (Lipinski definition) is 15. The van der Waals surface area contributed by atoms with Crippen molar-refractivity contribution in [2.75, 3.05) is 65.6 Å². The van der Waals surface area contributed by atoms with Gasteiger partial charge in [0.15, 0.2) is 11.5 Å². The predicted molar refractivity (Wildman–Crippen MR) is 269 cm³/mol. The first-order valence-electron chi connectivity index (χ1n) is 23.8. The van der Waals surface area contributed by atoms with Crippen molar-refractivity contribution in [3.63, 3.8) is 0 Å². The van der Waals surface area contributed by atoms with Gasteiger partial charge in [-0.05, 0) is 112 Å². The zero-order chi connectivity index (χ0) is 52.2. The molecule has 0 bridgehead atoms. The van der Waals surface area contributed by atoms with E-state index in [4.69, 9.17) is 29.0 Å². The van der Waals surface area contributed by atoms with E-state index in [1.165, 1.54) is 46.2 Å². The van der Waals surface area contributed by atoms with Gasteiger partial charge in [-0.25, -0.2) is 9.59 Å². The van der Waals surface area contributed by atoms with E-state index in [2.05, 4.69) is 0 Å². The van der Waals surface area contributed by atoms with Crippen LogP contribution in [0.1, 0.15) is 63.8 Å². The Balaban J connectivity index is 1.15. The smallest absolute Gasteiger partial charge is 0.410 e. The molecule has 0 atom stereocenters. The van der Waals surface area contributed by atoms with Crippen LogP contribution in [0.4, 0.5) is 21.0 Å². The van der Waals surface area contributed by atoms with Crippen molar-refractivity contribution in [2.24, 2.45) is 0 Å². The molecule has 21 heteroatoms. The molecular weight excluding hydrogens is 965 g/mol. The number of rotatable bonds is 10. The summed E-state index contributed by atoms with van der Waals surface area (Å²) in [5, 5.41) is 26.9. The van der Waals surface area contributed by atoms with Crippen LogP contribution < -0.4 is 9.78 Å². The molecule has 2 fully saturated rings. The summed E-state index contributed by atoms with van der Waals surface area (Å²) in [6.07, 6.45) is 5.66. The summed E-state index contributed by atoms with van der Waals surface area (Å²) in [5.41, 5.74) is 1.24. The fraction of sp³-hybridized carbons (Fsp3) is 0.385. The third-order valence-electron chi connectivity index (χ3n) is 12.1. The highest BCUT2D eigenvalue weighted by atomic mass is 32.2. The summed E-state index contributed by atoms with van der Waals surface area (Å²) >= 11 is 0.840. The maximum atomic E-state index is 13.7. The standard InChI is InChI=1S/C52H56N6O14S/c1-51(2,3)69-49(61)55-25-21-53(22-26-55)43(59)17-11-33-9-15-41(47(57(63)64)45(33)37-7-13-39-35(31-37)19-29-67-71-39)73-42-16-10-34(12-18-44(60)54-23-27-56(28-24-54)50(62)70-52(4,5)6)46(48(42)58(65)66)38-8-14-40-36(32-38)20-30-68-72-40/h7-18,31-32H,19-30H2,1-6H3/b17-11+,18-12+. The lowest BCUT2D eigenvalue weighted by atomic mass is 9.94. The molecule has 4 amide bonds. The van der Waals surface area contributed by atoms with E-state index < -0.39 is 33.2 Å². The van der Waals surface area contributed by atoms with Crippen LogP contribution in [0.25, 0.3) is 34.4 Å². The number of carbonyl (C=O) groups is 4. The Kier molecular flexibility index (Phi) is 15.4. The second-order valence-electron chi connectivity index (χ2n) is 19.6. The van der Waals surface area contributed by atoms with Gasteiger partial charge in [0.25, 0.3) is 11.4 Å². The van der Waals surface area contributed by atoms with Gasteiger partial charge in [0, 0.05) is 88.5 Å². The number of nitro groups is 2. The van der Waals surface area contributed by atoms with Gasteiger partial charge in [0.1, 0.15) is 11.2 Å². The van der Waals surface area contributed by atoms with Crippen LogP contribution in [0.2, 0.25) is 0 Å². The van der Waals surface area contributed by atoms with E-state index >= 15 is 0 Å². The molecule has 4 heterocycles. The Hall–Kier alpha value is -7.49. The summed E-state index contributed by atoms with van der Waals surface area (Å²) < 4.78 is 11.0. The van der Waals surface area contributed by atoms with Crippen molar-refractivity contribution in [3.8, 4) is 33.8 Å². The number of fused-ring (bicyclic) bond motifs is 2. The molecule has 2 saturated heterocycles. The van der Waals surface area contributed by atoms with Gasteiger partial charge in [0.2, 0.25) is 11.8 Å². The van der Waals surface area contributed by atoms with E-state index in [-0.39, 0.29) is 110 Å². The lowest BCUT2D eigenvalue weighted by molar-refractivity contribution is -0.387. The van der Waals surface area contributed by atoms with Crippen molar-refractivity contribution in [1.29, 1.82) is 0 Å². The average molecular weight is 1020 g/mol. The topological polar surface area (TPSA) is 223 Å². The summed E-state index contributed by atoms with van der Waals surface area (Å²) in [5.74, 6) is 0.157. The SMILES string of the molecule is CC(C)(C)OC(=O)N1CCN(C(=O)/C=C/c2ccc(Sc3ccc(/C=C/C(=O)N4CCN(C(=O)OC(C)(C)C)CC4)c(-c4ccc5c(c4)CCOO5)c3[N+](=O)[O-])c([N+](=O)[O-])c2-c2ccc3c(c2)CCOO3)CC1. The van der Waals surface area contributed by atoms with Gasteiger partial charge in [-0.2, -0.15) is 9.78 Å². The average Bonchev–Trinajstić information content (AvgIpc) is 3.35. The molecule has 0 radical (unpaired) electrons. The van der Waals surface area contributed by atoms with Crippen LogP contribution >= 0.6 is 11.8 Å². The van der Waals surface area contributed by atoms with Crippen LogP contribution in [-0.2, 0) is 41.7 Å². The normalized spacial score (nSPS) is 16.1. The van der Waals surface area contributed by atoms with Gasteiger partial charge in [0.05, 0.1) is 44.0 Å². The molecule has 20 nitrogen and oxygen atoms in total. The fourth-order valence-corrected chi connectivity index (χ4v) is 9.70. The number of ether oxygens (including phenoxy) is 2. The second-order valence-corrected chi connectivity index (χ2v) is 20.7. The largest absolute Gasteiger partial charge is 0.444 e. The molecule has 4 aromatic rings. The molecule has 384 valence electrons. The van der Waals surface area contributed by atoms with Gasteiger partial charge in [-0.3, -0.25) is 29.8 Å². The first-order valence-corrected chi connectivity index (χ1v) is 24.6. The van der Waals surface area contributed by atoms with Crippen molar-refractivity contribution in [1.82, 2.24) is 19.6 Å². The Morgan fingerprint density at radius 2 is 0.932 bits per heavy atom. The molecule has 0 spiro atoms. The number of benzene rings is 4. The number of amides is 4. The van der Waals surface area contributed by atoms with Crippen LogP contribution in [0, 0.1) is 20.2 Å². The molecule has 0 aliphatic carbocycles. The maximum Gasteiger partial charge on any atom is 0.410 e. The molecule has 8 rings (SSSR count). The minimum absolute atomic E-state index is 0.0769. The summed E-state index contributed by atoms with van der Waals surface area (Å²) in [6, 6.07) is 16.4. The van der Waals surface area contributed by atoms with Gasteiger partial charge >= 0.3 is 12.2 Å². The number of hydrogen-bond donors (Lipinski definition) is 0. The van der Waals surface area contributed by atoms with E-state index in [1.54, 1.807) is 99.9 Å². The Morgan fingerprint density at radius 1 is 0.562 bits per heavy atom. The van der Waals surface area contributed by atoms with Gasteiger partial charge in [-0.15, -0.1) is 0 Å². The molecule has 0 unspecified atom stereocenters. The van der Waals surface area contributed by atoms with Crippen molar-refractivity contribution in [3.05, 3.63) is 115 Å². The van der Waals surface area contributed by atoms with Gasteiger partial charge in [-0.1, -0.05) is 36.0 Å². The predicted octanol–water partition coefficient (Wildman–Crippen LogP) is 8.91. The molecule has 4 aromatic carbocycles. The number of nitro benzene ring substituents is 2. The Labute approximate surface area is 425 Å². The number of carbonyl (C=O) groups excluding carboxylic acids is 4. The van der Waals surface area contributed by atoms with E-state index in [0.29, 0.717) is 46.6 Å². The molecule has 4 aliphatic rings. The molecule has 0 saturated carbocycles. The lowest BCUT2D eigenvalue weighted by Gasteiger charge is -2.35. The quantitative estimate of drug-likeness (QED) is 0.0626. The molecular formula is C52H56N6O14S. The van der Waals surface area contributed by atoms with Crippen molar-refractivity contribution in [2.45, 2.75) is 75.4 Å². The highest BCUT2D eigenvalue weighted by Crippen LogP contribution is 2.49. The third kappa shape index (κ3) is 12.4. The molecule has 73 heavy (non-hydrogen) atoms. The summed E-state index contributed by atoms with van der Waals surface area (Å²) in [4.78, 5) is 106. The first kappa shape index (κ1) is 51.9. The highest BCUT2D eigenvalue weighted by Gasteiger charge is 2.33. The molecule has 0 aromatic heterocycles. The monoisotopic (exact) mass is 1020 g/mol. The van der Waals surface area contributed by atoms with Crippen LogP contribution in [0.3, 0.4) is 0 Å². The summed E-state index contributed by atoms with van der Waals surface area (Å²) in [6.45, 7) is 13.2. The lowest BCUT2D eigenvalue weighted by Crippen LogP contribution is -2.51. The summed E-state index contributed by atoms with van der Waals surface area (Å²) in [7, 11) is 0. The van der Waals surface area contributed by atoms with Crippen molar-refractivity contribution >= 4 is 59.3 Å².